The lowest BCUT2D eigenvalue weighted by atomic mass is 10.1. The molecule has 1 aliphatic rings. The molecule has 0 heterocycles. The minimum Gasteiger partial charge on any atom is -0.385 e. The summed E-state index contributed by atoms with van der Waals surface area (Å²) in [6.45, 7) is 4.83. The third kappa shape index (κ3) is 3.31. The topological polar surface area (TPSA) is 50.4 Å². The molecule has 2 N–H and O–H groups in total. The number of ether oxygens (including phenoxy) is 1. The van der Waals surface area contributed by atoms with E-state index in [0.29, 0.717) is 5.56 Å². The van der Waals surface area contributed by atoms with Gasteiger partial charge in [-0.15, -0.1) is 0 Å². The molecule has 0 radical (unpaired) electrons. The molecule has 20 heavy (non-hydrogen) atoms. The summed E-state index contributed by atoms with van der Waals surface area (Å²) in [5.41, 5.74) is 2.70. The highest BCUT2D eigenvalue weighted by Gasteiger charge is 2.29. The van der Waals surface area contributed by atoms with Gasteiger partial charge in [0.2, 0.25) is 0 Å². The monoisotopic (exact) mass is 276 g/mol. The average molecular weight is 276 g/mol. The van der Waals surface area contributed by atoms with Gasteiger partial charge in [0.25, 0.3) is 5.91 Å². The van der Waals surface area contributed by atoms with Crippen LogP contribution in [-0.2, 0) is 4.74 Å². The molecule has 110 valence electrons. The Morgan fingerprint density at radius 2 is 2.20 bits per heavy atom. The predicted octanol–water partition coefficient (Wildman–Crippen LogP) is 2.72. The smallest absolute Gasteiger partial charge is 0.253 e. The molecule has 0 bridgehead atoms. The van der Waals surface area contributed by atoms with Crippen molar-refractivity contribution in [2.24, 2.45) is 0 Å². The van der Waals surface area contributed by atoms with Crippen molar-refractivity contribution in [3.05, 3.63) is 29.3 Å². The van der Waals surface area contributed by atoms with Crippen LogP contribution in [0.5, 0.6) is 0 Å². The maximum Gasteiger partial charge on any atom is 0.253 e. The van der Waals surface area contributed by atoms with Gasteiger partial charge < -0.3 is 15.4 Å². The number of anilines is 1. The van der Waals surface area contributed by atoms with E-state index in [1.54, 1.807) is 7.11 Å². The lowest BCUT2D eigenvalue weighted by molar-refractivity contribution is 0.0722. The number of methoxy groups -OCH3 is 1. The molecule has 0 saturated heterocycles. The van der Waals surface area contributed by atoms with E-state index < -0.39 is 0 Å². The Morgan fingerprint density at radius 3 is 2.90 bits per heavy atom. The van der Waals surface area contributed by atoms with Crippen molar-refractivity contribution in [3.63, 3.8) is 0 Å². The van der Waals surface area contributed by atoms with E-state index in [2.05, 4.69) is 10.6 Å². The van der Waals surface area contributed by atoms with Crippen molar-refractivity contribution in [1.29, 1.82) is 0 Å². The summed E-state index contributed by atoms with van der Waals surface area (Å²) >= 11 is 0. The summed E-state index contributed by atoms with van der Waals surface area (Å²) in [7, 11) is 1.71. The Labute approximate surface area is 120 Å². The number of hydrogen-bond acceptors (Lipinski definition) is 3. The second-order valence-corrected chi connectivity index (χ2v) is 5.36. The number of nitrogens with one attached hydrogen (secondary N) is 2. The molecule has 0 aromatic heterocycles. The highest BCUT2D eigenvalue weighted by Crippen LogP contribution is 2.23. The largest absolute Gasteiger partial charge is 0.385 e. The number of rotatable bonds is 5. The summed E-state index contributed by atoms with van der Waals surface area (Å²) in [4.78, 5) is 12.5. The third-order valence-corrected chi connectivity index (χ3v) is 3.86. The molecule has 2 rings (SSSR count). The van der Waals surface area contributed by atoms with Crippen LogP contribution < -0.4 is 10.6 Å². The number of amides is 1. The van der Waals surface area contributed by atoms with Crippen molar-refractivity contribution < 1.29 is 9.53 Å². The number of carbonyl (C=O) groups is 1. The molecule has 1 aromatic carbocycles. The van der Waals surface area contributed by atoms with Crippen molar-refractivity contribution >= 4 is 11.6 Å². The summed E-state index contributed by atoms with van der Waals surface area (Å²) in [5.74, 6) is -0.0152. The first kappa shape index (κ1) is 14.9. The highest BCUT2D eigenvalue weighted by atomic mass is 16.5. The zero-order chi connectivity index (χ0) is 14.5. The summed E-state index contributed by atoms with van der Waals surface area (Å²) in [6, 6.07) is 6.05. The number of benzene rings is 1. The van der Waals surface area contributed by atoms with Crippen LogP contribution in [-0.4, -0.2) is 31.7 Å². The van der Waals surface area contributed by atoms with E-state index in [1.807, 2.05) is 32.0 Å². The SMILES string of the molecule is CCNc1ccc(C)cc1C(=O)NC1CCCC1OC. The molecular weight excluding hydrogens is 252 g/mol. The normalized spacial score (nSPS) is 21.8. The highest BCUT2D eigenvalue weighted by molar-refractivity contribution is 6.00. The van der Waals surface area contributed by atoms with Crippen molar-refractivity contribution in [2.45, 2.75) is 45.3 Å². The maximum absolute atomic E-state index is 12.5. The quantitative estimate of drug-likeness (QED) is 0.869. The second-order valence-electron chi connectivity index (χ2n) is 5.36. The molecule has 0 spiro atoms. The van der Waals surface area contributed by atoms with Crippen molar-refractivity contribution in [2.75, 3.05) is 19.0 Å². The zero-order valence-electron chi connectivity index (χ0n) is 12.5. The molecule has 1 saturated carbocycles. The first-order valence-electron chi connectivity index (χ1n) is 7.34. The summed E-state index contributed by atoms with van der Waals surface area (Å²) < 4.78 is 5.43. The maximum atomic E-state index is 12.5. The van der Waals surface area contributed by atoms with Gasteiger partial charge in [0.05, 0.1) is 17.7 Å². The summed E-state index contributed by atoms with van der Waals surface area (Å²) in [6.07, 6.45) is 3.27. The lowest BCUT2D eigenvalue weighted by Gasteiger charge is -2.20. The molecule has 2 unspecified atom stereocenters. The van der Waals surface area contributed by atoms with Gasteiger partial charge in [0.1, 0.15) is 0 Å². The molecule has 4 heteroatoms. The van der Waals surface area contributed by atoms with Gasteiger partial charge in [-0.25, -0.2) is 0 Å². The van der Waals surface area contributed by atoms with Crippen LogP contribution in [0.15, 0.2) is 18.2 Å². The van der Waals surface area contributed by atoms with Crippen LogP contribution in [0.4, 0.5) is 5.69 Å². The fraction of sp³-hybridized carbons (Fsp3) is 0.562. The fourth-order valence-corrected chi connectivity index (χ4v) is 2.81. The first-order valence-corrected chi connectivity index (χ1v) is 7.34. The number of carbonyl (C=O) groups excluding carboxylic acids is 1. The van der Waals surface area contributed by atoms with E-state index in [9.17, 15) is 4.79 Å². The second kappa shape index (κ2) is 6.75. The lowest BCUT2D eigenvalue weighted by Crippen LogP contribution is -2.41. The van der Waals surface area contributed by atoms with E-state index in [4.69, 9.17) is 4.74 Å². The van der Waals surface area contributed by atoms with Crippen LogP contribution in [0.3, 0.4) is 0 Å². The Hall–Kier alpha value is -1.55. The van der Waals surface area contributed by atoms with Crippen LogP contribution in [0.1, 0.15) is 42.1 Å². The molecule has 0 aliphatic heterocycles. The van der Waals surface area contributed by atoms with Gasteiger partial charge in [-0.1, -0.05) is 11.6 Å². The number of hydrogen-bond donors (Lipinski definition) is 2. The standard InChI is InChI=1S/C16H24N2O2/c1-4-17-13-9-8-11(2)10-12(13)16(19)18-14-6-5-7-15(14)20-3/h8-10,14-15,17H,4-7H2,1-3H3,(H,18,19). The van der Waals surface area contributed by atoms with Gasteiger partial charge in [-0.2, -0.15) is 0 Å². The van der Waals surface area contributed by atoms with Gasteiger partial charge in [-0.3, -0.25) is 4.79 Å². The fourth-order valence-electron chi connectivity index (χ4n) is 2.81. The van der Waals surface area contributed by atoms with Crippen molar-refractivity contribution in [1.82, 2.24) is 5.32 Å². The van der Waals surface area contributed by atoms with Crippen molar-refractivity contribution in [3.8, 4) is 0 Å². The molecule has 1 aliphatic carbocycles. The molecular formula is C16H24N2O2. The van der Waals surface area contributed by atoms with Gasteiger partial charge in [-0.05, 0) is 45.2 Å². The van der Waals surface area contributed by atoms with Gasteiger partial charge in [0.15, 0.2) is 0 Å². The van der Waals surface area contributed by atoms with Crippen LogP contribution in [0.2, 0.25) is 0 Å². The average Bonchev–Trinajstić information content (AvgIpc) is 2.88. The first-order chi connectivity index (χ1) is 9.65. The molecule has 2 atom stereocenters. The van der Waals surface area contributed by atoms with E-state index in [0.717, 1.165) is 37.1 Å². The zero-order valence-corrected chi connectivity index (χ0v) is 12.5. The van der Waals surface area contributed by atoms with E-state index in [1.165, 1.54) is 0 Å². The Balaban J connectivity index is 2.13. The minimum atomic E-state index is -0.0152. The predicted molar refractivity (Wildman–Crippen MR) is 81.2 cm³/mol. The van der Waals surface area contributed by atoms with Gasteiger partial charge in [0, 0.05) is 19.3 Å². The van der Waals surface area contributed by atoms with Crippen LogP contribution >= 0.6 is 0 Å². The molecule has 1 amide bonds. The summed E-state index contributed by atoms with van der Waals surface area (Å²) in [5, 5.41) is 6.36. The van der Waals surface area contributed by atoms with E-state index >= 15 is 0 Å². The van der Waals surface area contributed by atoms with Gasteiger partial charge >= 0.3 is 0 Å². The third-order valence-electron chi connectivity index (χ3n) is 3.86. The Kier molecular flexibility index (Phi) is 5.01. The molecule has 4 nitrogen and oxygen atoms in total. The van der Waals surface area contributed by atoms with Crippen LogP contribution in [0, 0.1) is 6.92 Å². The Bertz CT molecular complexity index is 474. The molecule has 1 fully saturated rings. The molecule has 1 aromatic rings. The van der Waals surface area contributed by atoms with E-state index in [-0.39, 0.29) is 18.1 Å². The van der Waals surface area contributed by atoms with Crippen LogP contribution in [0.25, 0.3) is 0 Å². The Morgan fingerprint density at radius 1 is 1.40 bits per heavy atom. The minimum absolute atomic E-state index is 0.0152. The number of aryl methyl sites for hydroxylation is 1.